The minimum Gasteiger partial charge on any atom is -0.337 e. The van der Waals surface area contributed by atoms with Crippen LogP contribution in [0.5, 0.6) is 0 Å². The van der Waals surface area contributed by atoms with Crippen molar-refractivity contribution >= 4 is 30.0 Å². The van der Waals surface area contributed by atoms with E-state index in [2.05, 4.69) is 14.1 Å². The van der Waals surface area contributed by atoms with Gasteiger partial charge in [-0.05, 0) is 44.2 Å². The van der Waals surface area contributed by atoms with E-state index in [1.807, 2.05) is 4.90 Å². The molecule has 106 valence electrons. The average Bonchev–Trinajstić information content (AvgIpc) is 2.94. The summed E-state index contributed by atoms with van der Waals surface area (Å²) < 4.78 is 7.92. The predicted molar refractivity (Wildman–Crippen MR) is 76.8 cm³/mol. The van der Waals surface area contributed by atoms with Crippen LogP contribution in [0.4, 0.5) is 0 Å². The Morgan fingerprint density at radius 3 is 2.53 bits per heavy atom. The quantitative estimate of drug-likeness (QED) is 0.855. The third-order valence-corrected chi connectivity index (χ3v) is 4.83. The first-order chi connectivity index (χ1) is 8.79. The molecule has 2 aliphatic heterocycles. The Kier molecular flexibility index (Phi) is 4.76. The Morgan fingerprint density at radius 2 is 1.95 bits per heavy atom. The van der Waals surface area contributed by atoms with Crippen LogP contribution in [0.1, 0.15) is 36.2 Å². The van der Waals surface area contributed by atoms with Crippen LogP contribution in [0.3, 0.4) is 0 Å². The smallest absolute Gasteiger partial charge is 0.275 e. The van der Waals surface area contributed by atoms with Crippen molar-refractivity contribution in [3.63, 3.8) is 0 Å². The van der Waals surface area contributed by atoms with Crippen molar-refractivity contribution in [3.8, 4) is 0 Å². The van der Waals surface area contributed by atoms with Gasteiger partial charge in [0.15, 0.2) is 5.69 Å². The van der Waals surface area contributed by atoms with Crippen molar-refractivity contribution in [2.45, 2.75) is 25.7 Å². The molecule has 0 aliphatic carbocycles. The molecule has 0 aromatic carbocycles. The fourth-order valence-corrected chi connectivity index (χ4v) is 3.47. The number of halogens is 1. The van der Waals surface area contributed by atoms with Crippen molar-refractivity contribution in [1.82, 2.24) is 19.0 Å². The third-order valence-electron chi connectivity index (χ3n) is 4.36. The number of nitrogens with one attached hydrogen (secondary N) is 1. The predicted octanol–water partition coefficient (Wildman–Crippen LogP) is 1.57. The van der Waals surface area contributed by atoms with Gasteiger partial charge in [-0.2, -0.15) is 8.75 Å². The molecule has 2 saturated heterocycles. The monoisotopic (exact) mass is 302 g/mol. The lowest BCUT2D eigenvalue weighted by atomic mass is 9.71. The summed E-state index contributed by atoms with van der Waals surface area (Å²) in [6, 6.07) is 0. The van der Waals surface area contributed by atoms with Crippen molar-refractivity contribution in [2.24, 2.45) is 5.41 Å². The molecule has 0 bridgehead atoms. The van der Waals surface area contributed by atoms with E-state index >= 15 is 0 Å². The second-order valence-corrected chi connectivity index (χ2v) is 5.89. The highest BCUT2D eigenvalue weighted by Crippen LogP contribution is 2.39. The normalized spacial score (nSPS) is 22.0. The van der Waals surface area contributed by atoms with Crippen LogP contribution in [-0.4, -0.2) is 45.7 Å². The van der Waals surface area contributed by atoms with Crippen LogP contribution >= 0.6 is 24.1 Å². The fraction of sp³-hybridized carbons (Fsp3) is 0.750. The molecule has 2 fully saturated rings. The summed E-state index contributed by atoms with van der Waals surface area (Å²) in [4.78, 5) is 14.1. The lowest BCUT2D eigenvalue weighted by Crippen LogP contribution is -2.47. The second kappa shape index (κ2) is 6.15. The molecule has 1 N–H and O–H groups in total. The summed E-state index contributed by atoms with van der Waals surface area (Å²) in [6.45, 7) is 4.00. The van der Waals surface area contributed by atoms with Gasteiger partial charge in [-0.3, -0.25) is 4.79 Å². The number of rotatable bonds is 1. The lowest BCUT2D eigenvalue weighted by Gasteiger charge is -2.44. The average molecular weight is 303 g/mol. The highest BCUT2D eigenvalue weighted by Gasteiger charge is 2.37. The van der Waals surface area contributed by atoms with Gasteiger partial charge < -0.3 is 10.2 Å². The van der Waals surface area contributed by atoms with Gasteiger partial charge in [0.25, 0.3) is 5.91 Å². The second-order valence-electron chi connectivity index (χ2n) is 5.33. The van der Waals surface area contributed by atoms with Gasteiger partial charge in [0, 0.05) is 13.1 Å². The molecule has 3 rings (SSSR count). The van der Waals surface area contributed by atoms with Crippen molar-refractivity contribution in [3.05, 3.63) is 11.9 Å². The topological polar surface area (TPSA) is 58.1 Å². The SMILES string of the molecule is Cl.O=C(c1cnsn1)N1CCC2(CCNCC2)CC1. The molecular weight excluding hydrogens is 284 g/mol. The molecule has 0 saturated carbocycles. The summed E-state index contributed by atoms with van der Waals surface area (Å²) in [5.41, 5.74) is 0.990. The summed E-state index contributed by atoms with van der Waals surface area (Å²) in [7, 11) is 0. The Morgan fingerprint density at radius 1 is 1.26 bits per heavy atom. The van der Waals surface area contributed by atoms with E-state index in [1.54, 1.807) is 6.20 Å². The standard InChI is InChI=1S/C12H18N4OS.ClH/c17-11(10-9-14-18-15-10)16-7-3-12(4-8-16)1-5-13-6-2-12;/h9,13H,1-8H2;1H. The van der Waals surface area contributed by atoms with Crippen LogP contribution in [-0.2, 0) is 0 Å². The largest absolute Gasteiger partial charge is 0.337 e. The van der Waals surface area contributed by atoms with Crippen LogP contribution in [0.25, 0.3) is 0 Å². The summed E-state index contributed by atoms with van der Waals surface area (Å²) in [6.07, 6.45) is 6.36. The van der Waals surface area contributed by atoms with Crippen LogP contribution < -0.4 is 5.32 Å². The van der Waals surface area contributed by atoms with E-state index in [1.165, 1.54) is 12.8 Å². The van der Waals surface area contributed by atoms with Gasteiger partial charge in [0.2, 0.25) is 0 Å². The summed E-state index contributed by atoms with van der Waals surface area (Å²) >= 11 is 1.10. The summed E-state index contributed by atoms with van der Waals surface area (Å²) in [5, 5.41) is 3.42. The lowest BCUT2D eigenvalue weighted by molar-refractivity contribution is 0.0491. The van der Waals surface area contributed by atoms with E-state index in [0.717, 1.165) is 50.7 Å². The molecule has 1 spiro atoms. The van der Waals surface area contributed by atoms with Gasteiger partial charge in [0.05, 0.1) is 17.9 Å². The summed E-state index contributed by atoms with van der Waals surface area (Å²) in [5.74, 6) is 0.0486. The Bertz CT molecular complexity index is 409. The molecule has 0 radical (unpaired) electrons. The number of amides is 1. The molecule has 1 amide bonds. The Labute approximate surface area is 123 Å². The number of piperidine rings is 2. The number of hydrogen-bond acceptors (Lipinski definition) is 5. The first-order valence-corrected chi connectivity index (χ1v) is 7.30. The molecule has 19 heavy (non-hydrogen) atoms. The number of likely N-dealkylation sites (tertiary alicyclic amines) is 1. The van der Waals surface area contributed by atoms with Gasteiger partial charge >= 0.3 is 0 Å². The third kappa shape index (κ3) is 3.07. The van der Waals surface area contributed by atoms with Gasteiger partial charge in [-0.15, -0.1) is 12.4 Å². The van der Waals surface area contributed by atoms with E-state index in [0.29, 0.717) is 11.1 Å². The fourth-order valence-electron chi connectivity index (χ4n) is 3.06. The van der Waals surface area contributed by atoms with E-state index in [9.17, 15) is 4.79 Å². The first-order valence-electron chi connectivity index (χ1n) is 6.57. The van der Waals surface area contributed by atoms with E-state index in [-0.39, 0.29) is 18.3 Å². The van der Waals surface area contributed by atoms with E-state index < -0.39 is 0 Å². The molecule has 7 heteroatoms. The maximum Gasteiger partial charge on any atom is 0.275 e. The number of aromatic nitrogens is 2. The minimum absolute atomic E-state index is 0. The van der Waals surface area contributed by atoms with Crippen LogP contribution in [0.15, 0.2) is 6.20 Å². The number of hydrogen-bond donors (Lipinski definition) is 1. The van der Waals surface area contributed by atoms with Crippen LogP contribution in [0, 0.1) is 5.41 Å². The Balaban J connectivity index is 0.00000133. The zero-order valence-electron chi connectivity index (χ0n) is 10.8. The zero-order chi connectivity index (χ0) is 12.4. The Hall–Kier alpha value is -0.720. The maximum absolute atomic E-state index is 12.1. The number of carbonyl (C=O) groups is 1. The molecule has 1 aromatic heterocycles. The molecule has 5 nitrogen and oxygen atoms in total. The molecule has 1 aromatic rings. The zero-order valence-corrected chi connectivity index (χ0v) is 12.4. The highest BCUT2D eigenvalue weighted by atomic mass is 35.5. The molecular formula is C12H19ClN4OS. The number of carbonyl (C=O) groups excluding carboxylic acids is 1. The van der Waals surface area contributed by atoms with E-state index in [4.69, 9.17) is 0 Å². The molecule has 0 unspecified atom stereocenters. The van der Waals surface area contributed by atoms with Crippen molar-refractivity contribution in [2.75, 3.05) is 26.2 Å². The highest BCUT2D eigenvalue weighted by molar-refractivity contribution is 6.99. The van der Waals surface area contributed by atoms with Gasteiger partial charge in [0.1, 0.15) is 0 Å². The van der Waals surface area contributed by atoms with Crippen LogP contribution in [0.2, 0.25) is 0 Å². The number of nitrogens with zero attached hydrogens (tertiary/aromatic N) is 3. The molecule has 3 heterocycles. The molecule has 2 aliphatic rings. The first kappa shape index (κ1) is 14.7. The van der Waals surface area contributed by atoms with Gasteiger partial charge in [-0.25, -0.2) is 0 Å². The minimum atomic E-state index is 0. The maximum atomic E-state index is 12.1. The van der Waals surface area contributed by atoms with Crippen molar-refractivity contribution < 1.29 is 4.79 Å². The molecule has 0 atom stereocenters. The van der Waals surface area contributed by atoms with Crippen molar-refractivity contribution in [1.29, 1.82) is 0 Å². The van der Waals surface area contributed by atoms with Gasteiger partial charge in [-0.1, -0.05) is 0 Å².